The summed E-state index contributed by atoms with van der Waals surface area (Å²) in [6, 6.07) is 19.0. The van der Waals surface area contributed by atoms with E-state index in [-0.39, 0.29) is 12.1 Å². The van der Waals surface area contributed by atoms with E-state index < -0.39 is 10.8 Å². The van der Waals surface area contributed by atoms with Crippen molar-refractivity contribution < 1.29 is 18.5 Å². The summed E-state index contributed by atoms with van der Waals surface area (Å²) in [4.78, 5) is 13.5. The number of urea groups is 1. The number of methoxy groups -OCH3 is 2. The van der Waals surface area contributed by atoms with Gasteiger partial charge in [0.25, 0.3) is 0 Å². The van der Waals surface area contributed by atoms with Crippen molar-refractivity contribution in [3.63, 3.8) is 0 Å². The van der Waals surface area contributed by atoms with Crippen LogP contribution in [0.2, 0.25) is 0 Å². The molecule has 1 N–H and O–H groups in total. The molecule has 0 bridgehead atoms. The van der Waals surface area contributed by atoms with Gasteiger partial charge < -0.3 is 14.8 Å². The Bertz CT molecular complexity index is 1300. The lowest BCUT2D eigenvalue weighted by atomic mass is 9.93. The molecule has 0 saturated heterocycles. The van der Waals surface area contributed by atoms with Crippen LogP contribution in [-0.2, 0) is 17.2 Å². The van der Waals surface area contributed by atoms with Crippen LogP contribution in [0.1, 0.15) is 23.6 Å². The van der Waals surface area contributed by atoms with Gasteiger partial charge in [0.1, 0.15) is 0 Å². The van der Waals surface area contributed by atoms with Crippen LogP contribution >= 0.6 is 0 Å². The van der Waals surface area contributed by atoms with E-state index in [1.54, 1.807) is 27.5 Å². The Morgan fingerprint density at radius 2 is 1.63 bits per heavy atom. The Hall–Kier alpha value is -3.65. The summed E-state index contributed by atoms with van der Waals surface area (Å²) < 4.78 is 23.3. The summed E-state index contributed by atoms with van der Waals surface area (Å²) in [6.45, 7) is 1.97. The molecule has 1 heterocycles. The van der Waals surface area contributed by atoms with Crippen LogP contribution in [0.15, 0.2) is 70.7 Å². The van der Waals surface area contributed by atoms with Gasteiger partial charge in [0.15, 0.2) is 11.5 Å². The highest BCUT2D eigenvalue weighted by Crippen LogP contribution is 2.35. The third-order valence-electron chi connectivity index (χ3n) is 6.09. The Kier molecular flexibility index (Phi) is 7.21. The molecular weight excluding hydrogens is 462 g/mol. The molecule has 182 valence electrons. The van der Waals surface area contributed by atoms with E-state index in [0.29, 0.717) is 23.6 Å². The third kappa shape index (κ3) is 4.79. The van der Waals surface area contributed by atoms with Gasteiger partial charge in [0, 0.05) is 29.3 Å². The van der Waals surface area contributed by atoms with Crippen LogP contribution in [0.3, 0.4) is 0 Å². The predicted molar refractivity (Wildman–Crippen MR) is 139 cm³/mol. The van der Waals surface area contributed by atoms with Gasteiger partial charge in [-0.15, -0.1) is 0 Å². The molecule has 3 aromatic rings. The van der Waals surface area contributed by atoms with Crippen molar-refractivity contribution in [1.82, 2.24) is 10.3 Å². The standard InChI is InChI=1S/C27H29N3O4S/c1-17-14-20-15-23(33-3)24(34-4)16-22(20)26(29-30(17)27(31)28-2)19-12-10-18(11-13-19)21-8-6-7-9-25(21)35(5)32/h6-13,15-17H,14H2,1-5H3,(H,28,31). The number of benzene rings is 3. The smallest absolute Gasteiger partial charge is 0.337 e. The highest BCUT2D eigenvalue weighted by molar-refractivity contribution is 7.84. The van der Waals surface area contributed by atoms with Crippen LogP contribution in [0.25, 0.3) is 11.1 Å². The highest BCUT2D eigenvalue weighted by atomic mass is 32.2. The lowest BCUT2D eigenvalue weighted by Gasteiger charge is -2.22. The molecular formula is C27H29N3O4S. The molecule has 3 aromatic carbocycles. The number of rotatable bonds is 5. The molecule has 0 saturated carbocycles. The monoisotopic (exact) mass is 491 g/mol. The van der Waals surface area contributed by atoms with Crippen LogP contribution in [0.5, 0.6) is 11.5 Å². The van der Waals surface area contributed by atoms with Crippen LogP contribution < -0.4 is 14.8 Å². The zero-order valence-corrected chi connectivity index (χ0v) is 21.3. The normalized spacial score (nSPS) is 16.0. The Morgan fingerprint density at radius 3 is 2.26 bits per heavy atom. The van der Waals surface area contributed by atoms with Crippen molar-refractivity contribution in [2.24, 2.45) is 5.10 Å². The fourth-order valence-corrected chi connectivity index (χ4v) is 5.08. The zero-order chi connectivity index (χ0) is 25.1. The number of hydrogen-bond donors (Lipinski definition) is 1. The number of nitrogens with zero attached hydrogens (tertiary/aromatic N) is 2. The topological polar surface area (TPSA) is 80.2 Å². The van der Waals surface area contributed by atoms with Crippen LogP contribution in [-0.4, -0.2) is 54.5 Å². The molecule has 0 aromatic heterocycles. The number of carbonyl (C=O) groups excluding carboxylic acids is 1. The van der Waals surface area contributed by atoms with Crippen LogP contribution in [0, 0.1) is 0 Å². The minimum absolute atomic E-state index is 0.171. The SMILES string of the molecule is CNC(=O)N1N=C(c2ccc(-c3ccccc3S(C)=O)cc2)c2cc(OC)c(OC)cc2CC1C. The van der Waals surface area contributed by atoms with Gasteiger partial charge in [-0.1, -0.05) is 42.5 Å². The molecule has 0 spiro atoms. The van der Waals surface area contributed by atoms with Crippen molar-refractivity contribution >= 4 is 22.5 Å². The molecule has 0 aliphatic carbocycles. The average Bonchev–Trinajstić information content (AvgIpc) is 3.02. The summed E-state index contributed by atoms with van der Waals surface area (Å²) >= 11 is 0. The molecule has 4 rings (SSSR count). The Labute approximate surface area is 208 Å². The molecule has 1 aliphatic heterocycles. The largest absolute Gasteiger partial charge is 0.493 e. The maximum Gasteiger partial charge on any atom is 0.337 e. The van der Waals surface area contributed by atoms with Crippen molar-refractivity contribution in [2.45, 2.75) is 24.3 Å². The van der Waals surface area contributed by atoms with Gasteiger partial charge in [-0.05, 0) is 48.2 Å². The van der Waals surface area contributed by atoms with E-state index in [0.717, 1.165) is 32.7 Å². The van der Waals surface area contributed by atoms with Gasteiger partial charge >= 0.3 is 6.03 Å². The molecule has 0 fully saturated rings. The maximum absolute atomic E-state index is 12.7. The van der Waals surface area contributed by atoms with Crippen LogP contribution in [0.4, 0.5) is 4.79 Å². The van der Waals surface area contributed by atoms with E-state index in [1.807, 2.05) is 67.6 Å². The minimum atomic E-state index is -1.11. The second-order valence-electron chi connectivity index (χ2n) is 8.29. The van der Waals surface area contributed by atoms with Gasteiger partial charge in [-0.3, -0.25) is 4.21 Å². The van der Waals surface area contributed by atoms with Gasteiger partial charge in [0.05, 0.1) is 36.8 Å². The summed E-state index contributed by atoms with van der Waals surface area (Å²) in [6.07, 6.45) is 2.28. The molecule has 8 heteroatoms. The Balaban J connectivity index is 1.86. The van der Waals surface area contributed by atoms with E-state index >= 15 is 0 Å². The molecule has 1 aliphatic rings. The molecule has 2 unspecified atom stereocenters. The number of nitrogens with one attached hydrogen (secondary N) is 1. The third-order valence-corrected chi connectivity index (χ3v) is 7.07. The second kappa shape index (κ2) is 10.3. The predicted octanol–water partition coefficient (Wildman–Crippen LogP) is 4.45. The van der Waals surface area contributed by atoms with E-state index in [2.05, 4.69) is 5.32 Å². The van der Waals surface area contributed by atoms with Gasteiger partial charge in [-0.25, -0.2) is 9.80 Å². The molecule has 35 heavy (non-hydrogen) atoms. The first-order valence-corrected chi connectivity index (χ1v) is 12.8. The molecule has 0 radical (unpaired) electrons. The first-order chi connectivity index (χ1) is 16.9. The molecule has 7 nitrogen and oxygen atoms in total. The lowest BCUT2D eigenvalue weighted by Crippen LogP contribution is -2.41. The van der Waals surface area contributed by atoms with Gasteiger partial charge in [-0.2, -0.15) is 5.10 Å². The summed E-state index contributed by atoms with van der Waals surface area (Å²) in [5.74, 6) is 1.22. The summed E-state index contributed by atoms with van der Waals surface area (Å²) in [5.41, 5.74) is 5.28. The van der Waals surface area contributed by atoms with E-state index in [1.165, 1.54) is 5.01 Å². The summed E-state index contributed by atoms with van der Waals surface area (Å²) in [7, 11) is 3.70. The molecule has 2 atom stereocenters. The Morgan fingerprint density at radius 1 is 1.00 bits per heavy atom. The minimum Gasteiger partial charge on any atom is -0.493 e. The average molecular weight is 492 g/mol. The van der Waals surface area contributed by atoms with E-state index in [4.69, 9.17) is 14.6 Å². The highest BCUT2D eigenvalue weighted by Gasteiger charge is 2.28. The first-order valence-electron chi connectivity index (χ1n) is 11.3. The van der Waals surface area contributed by atoms with Crippen molar-refractivity contribution in [3.05, 3.63) is 77.4 Å². The second-order valence-corrected chi connectivity index (χ2v) is 9.64. The zero-order valence-electron chi connectivity index (χ0n) is 20.5. The first kappa shape index (κ1) is 24.5. The fraction of sp³-hybridized carbons (Fsp3) is 0.259. The van der Waals surface area contributed by atoms with Gasteiger partial charge in [0.2, 0.25) is 0 Å². The number of carbonyl (C=O) groups is 1. The number of hydrazone groups is 1. The maximum atomic E-state index is 12.7. The van der Waals surface area contributed by atoms with Crippen molar-refractivity contribution in [2.75, 3.05) is 27.5 Å². The molecule has 2 amide bonds. The number of amides is 2. The number of ether oxygens (including phenoxy) is 2. The number of hydrogen-bond acceptors (Lipinski definition) is 5. The van der Waals surface area contributed by atoms with E-state index in [9.17, 15) is 9.00 Å². The summed E-state index contributed by atoms with van der Waals surface area (Å²) in [5, 5.41) is 8.98. The number of fused-ring (bicyclic) bond motifs is 1. The quantitative estimate of drug-likeness (QED) is 0.572. The lowest BCUT2D eigenvalue weighted by molar-refractivity contribution is 0.184. The van der Waals surface area contributed by atoms with Crippen molar-refractivity contribution in [3.8, 4) is 22.6 Å². The van der Waals surface area contributed by atoms with Crippen molar-refractivity contribution in [1.29, 1.82) is 0 Å². The fourth-order valence-electron chi connectivity index (χ4n) is 4.31.